The van der Waals surface area contributed by atoms with Crippen molar-refractivity contribution in [2.24, 2.45) is 0 Å². The molecule has 0 spiro atoms. The average molecular weight is 342 g/mol. The molecule has 5 nitrogen and oxygen atoms in total. The van der Waals surface area contributed by atoms with Crippen molar-refractivity contribution in [2.75, 3.05) is 26.2 Å². The van der Waals surface area contributed by atoms with Gasteiger partial charge in [0.25, 0.3) is 0 Å². The summed E-state index contributed by atoms with van der Waals surface area (Å²) in [7, 11) is 0. The number of pyridine rings is 1. The van der Waals surface area contributed by atoms with Crippen LogP contribution in [-0.4, -0.2) is 47.0 Å². The highest BCUT2D eigenvalue weighted by molar-refractivity contribution is 5.74. The summed E-state index contributed by atoms with van der Waals surface area (Å²) in [6.45, 7) is 6.00. The fraction of sp³-hybridized carbons (Fsp3) is 0.368. The second kappa shape index (κ2) is 8.07. The van der Waals surface area contributed by atoms with E-state index in [2.05, 4.69) is 15.2 Å². The molecule has 2 heterocycles. The Morgan fingerprint density at radius 1 is 1.20 bits per heavy atom. The maximum atomic E-state index is 13.3. The van der Waals surface area contributed by atoms with Crippen LogP contribution in [0.25, 0.3) is 0 Å². The Labute approximate surface area is 147 Å². The molecule has 1 saturated heterocycles. The fourth-order valence-electron chi connectivity index (χ4n) is 2.94. The van der Waals surface area contributed by atoms with Crippen LogP contribution in [0.1, 0.15) is 16.8 Å². The summed E-state index contributed by atoms with van der Waals surface area (Å²) in [6, 6.07) is 10.8. The number of nitrogens with zero attached hydrogens (tertiary/aromatic N) is 3. The minimum Gasteiger partial charge on any atom is -0.334 e. The monoisotopic (exact) mass is 342 g/mol. The Bertz CT molecular complexity index is 715. The normalized spacial score (nSPS) is 15.2. The van der Waals surface area contributed by atoms with Crippen LogP contribution in [0.5, 0.6) is 0 Å². The number of urea groups is 1. The molecule has 6 heteroatoms. The van der Waals surface area contributed by atoms with E-state index in [9.17, 15) is 9.18 Å². The Kier molecular flexibility index (Phi) is 5.60. The molecule has 1 aromatic carbocycles. The van der Waals surface area contributed by atoms with Crippen molar-refractivity contribution in [2.45, 2.75) is 20.0 Å². The largest absolute Gasteiger partial charge is 0.334 e. The lowest BCUT2D eigenvalue weighted by Crippen LogP contribution is -2.51. The number of aromatic nitrogens is 1. The molecule has 2 aromatic rings. The molecule has 1 N–H and O–H groups in total. The molecular formula is C19H23FN4O. The van der Waals surface area contributed by atoms with Gasteiger partial charge in [-0.15, -0.1) is 0 Å². The summed E-state index contributed by atoms with van der Waals surface area (Å²) in [5, 5.41) is 2.91. The standard InChI is InChI=1S/C19H23FN4O/c1-15-12-16(5-6-18(15)20)13-22-19(25)24-10-8-23(9-11-24)14-17-4-2-3-7-21-17/h2-7,12H,8-11,13-14H2,1H3,(H,22,25). The van der Waals surface area contributed by atoms with Crippen molar-refractivity contribution in [3.05, 3.63) is 65.2 Å². The molecule has 25 heavy (non-hydrogen) atoms. The second-order valence-corrected chi connectivity index (χ2v) is 6.33. The second-order valence-electron chi connectivity index (χ2n) is 6.33. The molecule has 3 rings (SSSR count). The number of amides is 2. The summed E-state index contributed by atoms with van der Waals surface area (Å²) in [4.78, 5) is 20.8. The predicted molar refractivity (Wildman–Crippen MR) is 94.5 cm³/mol. The van der Waals surface area contributed by atoms with Crippen LogP contribution >= 0.6 is 0 Å². The van der Waals surface area contributed by atoms with Gasteiger partial charge < -0.3 is 10.2 Å². The molecular weight excluding hydrogens is 319 g/mol. The molecule has 132 valence electrons. The highest BCUT2D eigenvalue weighted by atomic mass is 19.1. The molecule has 1 fully saturated rings. The molecule has 0 unspecified atom stereocenters. The first-order valence-corrected chi connectivity index (χ1v) is 8.52. The molecule has 0 atom stereocenters. The number of hydrogen-bond acceptors (Lipinski definition) is 3. The highest BCUT2D eigenvalue weighted by Crippen LogP contribution is 2.10. The van der Waals surface area contributed by atoms with E-state index >= 15 is 0 Å². The minimum atomic E-state index is -0.223. The number of carbonyl (C=O) groups is 1. The third-order valence-corrected chi connectivity index (χ3v) is 4.44. The third kappa shape index (κ3) is 4.76. The van der Waals surface area contributed by atoms with Gasteiger partial charge in [0.1, 0.15) is 5.82 Å². The smallest absolute Gasteiger partial charge is 0.317 e. The van der Waals surface area contributed by atoms with Gasteiger partial charge in [-0.3, -0.25) is 9.88 Å². The van der Waals surface area contributed by atoms with Crippen molar-refractivity contribution in [3.63, 3.8) is 0 Å². The lowest BCUT2D eigenvalue weighted by molar-refractivity contribution is 0.134. The van der Waals surface area contributed by atoms with Crippen LogP contribution < -0.4 is 5.32 Å². The van der Waals surface area contributed by atoms with Crippen molar-refractivity contribution < 1.29 is 9.18 Å². The first kappa shape index (κ1) is 17.4. The number of benzene rings is 1. The average Bonchev–Trinajstić information content (AvgIpc) is 2.64. The zero-order valence-electron chi connectivity index (χ0n) is 14.4. The van der Waals surface area contributed by atoms with Crippen LogP contribution in [0.4, 0.5) is 9.18 Å². The van der Waals surface area contributed by atoms with E-state index in [4.69, 9.17) is 0 Å². The van der Waals surface area contributed by atoms with E-state index in [0.29, 0.717) is 25.2 Å². The van der Waals surface area contributed by atoms with Gasteiger partial charge in [-0.05, 0) is 36.2 Å². The van der Waals surface area contributed by atoms with Crippen LogP contribution in [0.3, 0.4) is 0 Å². The minimum absolute atomic E-state index is 0.0699. The topological polar surface area (TPSA) is 48.5 Å². The summed E-state index contributed by atoms with van der Waals surface area (Å²) in [5.41, 5.74) is 2.54. The summed E-state index contributed by atoms with van der Waals surface area (Å²) < 4.78 is 13.3. The Hall–Kier alpha value is -2.47. The number of nitrogens with one attached hydrogen (secondary N) is 1. The maximum Gasteiger partial charge on any atom is 0.317 e. The van der Waals surface area contributed by atoms with Crippen LogP contribution in [0.15, 0.2) is 42.6 Å². The van der Waals surface area contributed by atoms with Crippen LogP contribution in [-0.2, 0) is 13.1 Å². The SMILES string of the molecule is Cc1cc(CNC(=O)N2CCN(Cc3ccccn3)CC2)ccc1F. The van der Waals surface area contributed by atoms with Crippen LogP contribution in [0, 0.1) is 12.7 Å². The summed E-state index contributed by atoms with van der Waals surface area (Å²) in [6.07, 6.45) is 1.80. The first-order valence-electron chi connectivity index (χ1n) is 8.52. The fourth-order valence-corrected chi connectivity index (χ4v) is 2.94. The highest BCUT2D eigenvalue weighted by Gasteiger charge is 2.21. The van der Waals surface area contributed by atoms with Gasteiger partial charge in [-0.25, -0.2) is 9.18 Å². The van der Waals surface area contributed by atoms with Crippen molar-refractivity contribution >= 4 is 6.03 Å². The third-order valence-electron chi connectivity index (χ3n) is 4.44. The van der Waals surface area contributed by atoms with E-state index in [1.165, 1.54) is 6.07 Å². The lowest BCUT2D eigenvalue weighted by Gasteiger charge is -2.34. The molecule has 1 aromatic heterocycles. The van der Waals surface area contributed by atoms with Gasteiger partial charge in [-0.1, -0.05) is 18.2 Å². The van der Waals surface area contributed by atoms with E-state index in [1.54, 1.807) is 25.3 Å². The summed E-state index contributed by atoms with van der Waals surface area (Å²) in [5.74, 6) is -0.223. The molecule has 0 bridgehead atoms. The predicted octanol–water partition coefficient (Wildman–Crippen LogP) is 2.56. The number of carbonyl (C=O) groups excluding carboxylic acids is 1. The quantitative estimate of drug-likeness (QED) is 0.929. The van der Waals surface area contributed by atoms with E-state index in [-0.39, 0.29) is 11.8 Å². The molecule has 0 radical (unpaired) electrons. The molecule has 2 amide bonds. The zero-order chi connectivity index (χ0) is 17.6. The molecule has 1 aliphatic rings. The Morgan fingerprint density at radius 2 is 2.00 bits per heavy atom. The first-order chi connectivity index (χ1) is 12.1. The molecule has 0 aliphatic carbocycles. The zero-order valence-corrected chi connectivity index (χ0v) is 14.4. The molecule has 1 aliphatic heterocycles. The van der Waals surface area contributed by atoms with Gasteiger partial charge in [0.2, 0.25) is 0 Å². The van der Waals surface area contributed by atoms with Crippen LogP contribution in [0.2, 0.25) is 0 Å². The van der Waals surface area contributed by atoms with Gasteiger partial charge in [0.05, 0.1) is 5.69 Å². The van der Waals surface area contributed by atoms with E-state index in [1.807, 2.05) is 23.1 Å². The van der Waals surface area contributed by atoms with E-state index < -0.39 is 0 Å². The number of rotatable bonds is 4. The molecule has 0 saturated carbocycles. The Balaban J connectivity index is 1.44. The van der Waals surface area contributed by atoms with Crippen molar-refractivity contribution in [3.8, 4) is 0 Å². The maximum absolute atomic E-state index is 13.3. The van der Waals surface area contributed by atoms with Gasteiger partial charge in [-0.2, -0.15) is 0 Å². The van der Waals surface area contributed by atoms with Gasteiger partial charge in [0, 0.05) is 45.5 Å². The van der Waals surface area contributed by atoms with Crippen molar-refractivity contribution in [1.29, 1.82) is 0 Å². The number of hydrogen-bond donors (Lipinski definition) is 1. The lowest BCUT2D eigenvalue weighted by atomic mass is 10.1. The Morgan fingerprint density at radius 3 is 2.68 bits per heavy atom. The number of halogens is 1. The van der Waals surface area contributed by atoms with Crippen molar-refractivity contribution in [1.82, 2.24) is 20.1 Å². The van der Waals surface area contributed by atoms with E-state index in [0.717, 1.165) is 30.9 Å². The van der Waals surface area contributed by atoms with Gasteiger partial charge >= 0.3 is 6.03 Å². The number of piperazine rings is 1. The van der Waals surface area contributed by atoms with Gasteiger partial charge in [0.15, 0.2) is 0 Å². The summed E-state index contributed by atoms with van der Waals surface area (Å²) >= 11 is 0. The number of aryl methyl sites for hydroxylation is 1.